The fourth-order valence-electron chi connectivity index (χ4n) is 8.48. The number of anilines is 2. The lowest BCUT2D eigenvalue weighted by Crippen LogP contribution is -2.54. The SMILES string of the molecule is CNc1cc(C2CCN(CC(=O)N3CCC(S(=O)(=O)N4CCN(c5ccc(C(=N)c6cccc(OCc7c(Cl)cncc7Cl)c6)cn5)CC4)CC3)CC2)ccc1C(N)=NCCC(N)=O. The molecule has 2 amide bonds. The molecule has 16 nitrogen and oxygen atoms in total. The van der Waals surface area contributed by atoms with Crippen LogP contribution in [0.5, 0.6) is 5.75 Å². The Bertz CT molecular complexity index is 2430. The van der Waals surface area contributed by atoms with Gasteiger partial charge in [-0.2, -0.15) is 4.31 Å². The van der Waals surface area contributed by atoms with Crippen molar-refractivity contribution in [3.8, 4) is 5.75 Å². The van der Waals surface area contributed by atoms with Crippen molar-refractivity contribution in [2.45, 2.75) is 49.9 Å². The number of aromatic nitrogens is 2. The van der Waals surface area contributed by atoms with Crippen LogP contribution in [-0.2, 0) is 26.2 Å². The van der Waals surface area contributed by atoms with Crippen LogP contribution in [-0.4, -0.2) is 134 Å². The second-order valence-electron chi connectivity index (χ2n) is 16.3. The van der Waals surface area contributed by atoms with Gasteiger partial charge in [0.25, 0.3) is 0 Å². The molecule has 2 aromatic carbocycles. The number of hydrogen-bond acceptors (Lipinski definition) is 12. The van der Waals surface area contributed by atoms with Crippen molar-refractivity contribution in [3.05, 3.63) is 111 Å². The summed E-state index contributed by atoms with van der Waals surface area (Å²) in [6.07, 6.45) is 7.47. The number of piperazine rings is 1. The van der Waals surface area contributed by atoms with Crippen LogP contribution in [0.4, 0.5) is 11.5 Å². The van der Waals surface area contributed by atoms with E-state index in [2.05, 4.69) is 42.2 Å². The number of ether oxygens (including phenoxy) is 1. The Balaban J connectivity index is 0.836. The third-order valence-electron chi connectivity index (χ3n) is 12.3. The summed E-state index contributed by atoms with van der Waals surface area (Å²) in [6, 6.07) is 17.1. The summed E-state index contributed by atoms with van der Waals surface area (Å²) in [4.78, 5) is 43.5. The summed E-state index contributed by atoms with van der Waals surface area (Å²) in [7, 11) is -1.71. The molecule has 3 fully saturated rings. The highest BCUT2D eigenvalue weighted by atomic mass is 35.5. The maximum atomic E-state index is 13.8. The lowest BCUT2D eigenvalue weighted by molar-refractivity contribution is -0.133. The monoisotopic (exact) mass is 931 g/mol. The number of pyridine rings is 2. The number of carbonyl (C=O) groups excluding carboxylic acids is 2. The summed E-state index contributed by atoms with van der Waals surface area (Å²) >= 11 is 12.5. The standard InChI is InChI=1S/C45H55Cl2N11O5S/c1-51-40-24-31(5-7-36(40)45(50)53-14-9-41(48)59)30-10-15-55(16-11-30)28-43(60)57-17-12-35(13-18-57)64(61,62)58-21-19-56(20-22-58)42-8-6-33(25-54-42)44(49)32-3-2-4-34(23-32)63-29-37-38(46)26-52-27-39(37)47/h2-8,23-27,30,35,49,51H,9-22,28-29H2,1H3,(H2,48,59)(H2,50,53). The molecule has 6 N–H and O–H groups in total. The van der Waals surface area contributed by atoms with Crippen LogP contribution in [0.1, 0.15) is 65.8 Å². The van der Waals surface area contributed by atoms with E-state index in [-0.39, 0.29) is 31.2 Å². The van der Waals surface area contributed by atoms with Gasteiger partial charge in [0.1, 0.15) is 24.0 Å². The Morgan fingerprint density at radius 2 is 1.61 bits per heavy atom. The van der Waals surface area contributed by atoms with E-state index < -0.39 is 21.2 Å². The number of halogens is 2. The van der Waals surface area contributed by atoms with Crippen LogP contribution in [0.15, 0.2) is 78.2 Å². The Hall–Kier alpha value is -5.33. The van der Waals surface area contributed by atoms with Gasteiger partial charge in [0.2, 0.25) is 21.8 Å². The van der Waals surface area contributed by atoms with Gasteiger partial charge in [-0.3, -0.25) is 29.9 Å². The number of likely N-dealkylation sites (tertiary alicyclic amines) is 2. The molecular formula is C45H55Cl2N11O5S. The smallest absolute Gasteiger partial charge is 0.236 e. The first-order chi connectivity index (χ1) is 30.8. The summed E-state index contributed by atoms with van der Waals surface area (Å²) in [5.41, 5.74) is 16.5. The number of hydrogen-bond donors (Lipinski definition) is 4. The van der Waals surface area contributed by atoms with Gasteiger partial charge >= 0.3 is 0 Å². The van der Waals surface area contributed by atoms with E-state index in [9.17, 15) is 18.0 Å². The number of carbonyl (C=O) groups is 2. The first kappa shape index (κ1) is 46.7. The highest BCUT2D eigenvalue weighted by Crippen LogP contribution is 2.32. The minimum absolute atomic E-state index is 0.0421. The Morgan fingerprint density at radius 1 is 0.891 bits per heavy atom. The van der Waals surface area contributed by atoms with E-state index in [1.807, 2.05) is 42.3 Å². The predicted molar refractivity (Wildman–Crippen MR) is 251 cm³/mol. The summed E-state index contributed by atoms with van der Waals surface area (Å²) in [5, 5.41) is 12.4. The average Bonchev–Trinajstić information content (AvgIpc) is 3.31. The number of primary amides is 1. The van der Waals surface area contributed by atoms with Crippen molar-refractivity contribution < 1.29 is 22.7 Å². The van der Waals surface area contributed by atoms with E-state index in [1.54, 1.807) is 22.6 Å². The zero-order chi connectivity index (χ0) is 45.4. The number of nitrogens with one attached hydrogen (secondary N) is 2. The predicted octanol–water partition coefficient (Wildman–Crippen LogP) is 4.72. The van der Waals surface area contributed by atoms with Crippen LogP contribution in [0.2, 0.25) is 10.0 Å². The Kier molecular flexibility index (Phi) is 15.4. The number of piperidine rings is 2. The van der Waals surface area contributed by atoms with Crippen LogP contribution in [0, 0.1) is 5.41 Å². The third-order valence-corrected chi connectivity index (χ3v) is 15.3. The van der Waals surface area contributed by atoms with Crippen molar-refractivity contribution in [3.63, 3.8) is 0 Å². The molecule has 0 radical (unpaired) electrons. The van der Waals surface area contributed by atoms with Crippen LogP contribution < -0.4 is 26.4 Å². The van der Waals surface area contributed by atoms with Crippen molar-refractivity contribution in [2.24, 2.45) is 16.5 Å². The average molecular weight is 933 g/mol. The van der Waals surface area contributed by atoms with Crippen molar-refractivity contribution in [1.82, 2.24) is 24.1 Å². The quantitative estimate of drug-likeness (QED) is 0.0891. The highest BCUT2D eigenvalue weighted by molar-refractivity contribution is 7.89. The first-order valence-corrected chi connectivity index (χ1v) is 23.8. The lowest BCUT2D eigenvalue weighted by Gasteiger charge is -2.39. The largest absolute Gasteiger partial charge is 0.489 e. The minimum Gasteiger partial charge on any atom is -0.489 e. The molecule has 0 atom stereocenters. The third kappa shape index (κ3) is 11.3. The highest BCUT2D eigenvalue weighted by Gasteiger charge is 2.37. The second-order valence-corrected chi connectivity index (χ2v) is 19.3. The molecule has 2 aromatic heterocycles. The molecular weight excluding hydrogens is 878 g/mol. The molecule has 4 aromatic rings. The molecule has 0 unspecified atom stereocenters. The van der Waals surface area contributed by atoms with Gasteiger partial charge < -0.3 is 31.3 Å². The van der Waals surface area contributed by atoms with Gasteiger partial charge in [-0.05, 0) is 86.7 Å². The number of rotatable bonds is 16. The molecule has 0 bridgehead atoms. The molecule has 3 saturated heterocycles. The zero-order valence-electron chi connectivity index (χ0n) is 35.9. The minimum atomic E-state index is -3.55. The van der Waals surface area contributed by atoms with Crippen molar-refractivity contribution >= 4 is 68.1 Å². The molecule has 3 aliphatic rings. The molecule has 3 aliphatic heterocycles. The Morgan fingerprint density at radius 3 is 2.27 bits per heavy atom. The van der Waals surface area contributed by atoms with Gasteiger partial charge in [-0.1, -0.05) is 41.4 Å². The fraction of sp³-hybridized carbons (Fsp3) is 0.422. The number of amides is 2. The van der Waals surface area contributed by atoms with Gasteiger partial charge in [-0.15, -0.1) is 0 Å². The van der Waals surface area contributed by atoms with E-state index in [0.717, 1.165) is 43.0 Å². The zero-order valence-corrected chi connectivity index (χ0v) is 38.2. The summed E-state index contributed by atoms with van der Waals surface area (Å²) < 4.78 is 35.1. The van der Waals surface area contributed by atoms with Gasteiger partial charge in [0.05, 0.1) is 34.1 Å². The van der Waals surface area contributed by atoms with Crippen molar-refractivity contribution in [1.29, 1.82) is 5.41 Å². The summed E-state index contributed by atoms with van der Waals surface area (Å²) in [5.74, 6) is 1.59. The first-order valence-electron chi connectivity index (χ1n) is 21.5. The van der Waals surface area contributed by atoms with Crippen LogP contribution in [0.3, 0.4) is 0 Å². The molecule has 7 rings (SSSR count). The molecule has 19 heteroatoms. The molecule has 0 saturated carbocycles. The van der Waals surface area contributed by atoms with Crippen molar-refractivity contribution in [2.75, 3.05) is 82.7 Å². The fourth-order valence-corrected chi connectivity index (χ4v) is 10.9. The molecule has 340 valence electrons. The van der Waals surface area contributed by atoms with E-state index in [0.29, 0.717) is 103 Å². The maximum absolute atomic E-state index is 13.8. The maximum Gasteiger partial charge on any atom is 0.236 e. The molecule has 5 heterocycles. The molecule has 0 spiro atoms. The topological polar surface area (TPSA) is 217 Å². The number of aliphatic imine (C=N–C) groups is 1. The van der Waals surface area contributed by atoms with Gasteiger partial charge in [-0.25, -0.2) is 13.4 Å². The number of nitrogens with zero attached hydrogens (tertiary/aromatic N) is 7. The second kappa shape index (κ2) is 21.1. The Labute approximate surface area is 384 Å². The van der Waals surface area contributed by atoms with Gasteiger partial charge in [0, 0.05) is 99.3 Å². The number of sulfonamides is 1. The normalized spacial score (nSPS) is 17.3. The van der Waals surface area contributed by atoms with Crippen LogP contribution in [0.25, 0.3) is 0 Å². The molecule has 64 heavy (non-hydrogen) atoms. The number of amidine groups is 1. The lowest BCUT2D eigenvalue weighted by atomic mass is 9.88. The van der Waals surface area contributed by atoms with Crippen LogP contribution >= 0.6 is 23.2 Å². The van der Waals surface area contributed by atoms with E-state index in [1.165, 1.54) is 18.0 Å². The number of nitrogens with two attached hydrogens (primary N) is 2. The van der Waals surface area contributed by atoms with Gasteiger partial charge in [0.15, 0.2) is 0 Å². The van der Waals surface area contributed by atoms with E-state index in [4.69, 9.17) is 44.8 Å². The van der Waals surface area contributed by atoms with E-state index >= 15 is 0 Å². The molecule has 0 aliphatic carbocycles. The number of benzene rings is 2. The summed E-state index contributed by atoms with van der Waals surface area (Å²) in [6.45, 7) is 4.82.